The van der Waals surface area contributed by atoms with E-state index in [-0.39, 0.29) is 41.7 Å². The number of nitrogens with one attached hydrogen (secondary N) is 1. The molecule has 1 fully saturated rings. The zero-order valence-electron chi connectivity index (χ0n) is 23.2. The molecule has 4 rings (SSSR count). The number of aromatic nitrogens is 2. The monoisotopic (exact) mass is 553 g/mol. The Labute approximate surface area is 231 Å². The van der Waals surface area contributed by atoms with Crippen molar-refractivity contribution in [2.45, 2.75) is 52.1 Å². The fraction of sp³-hybridized carbons (Fsp3) is 0.379. The zero-order chi connectivity index (χ0) is 29.2. The van der Waals surface area contributed by atoms with Gasteiger partial charge in [-0.05, 0) is 81.8 Å². The van der Waals surface area contributed by atoms with E-state index in [9.17, 15) is 18.4 Å². The van der Waals surface area contributed by atoms with Gasteiger partial charge in [0.15, 0.2) is 11.6 Å². The molecule has 212 valence electrons. The molecular weight excluding hydrogens is 520 g/mol. The summed E-state index contributed by atoms with van der Waals surface area (Å²) in [5.74, 6) is -1.55. The topological polar surface area (TPSA) is 120 Å². The Morgan fingerprint density at radius 3 is 2.52 bits per heavy atom. The number of anilines is 2. The SMILES string of the molecule is Cc1c(NC(=O)c2ccc(C3CC3)cc2F)cc(F)cc1-c1ncnc(N)c1OCCN(C)C(=O)OC(C)(C)C. The van der Waals surface area contributed by atoms with Crippen molar-refractivity contribution in [1.29, 1.82) is 0 Å². The van der Waals surface area contributed by atoms with Crippen molar-refractivity contribution in [3.63, 3.8) is 0 Å². The van der Waals surface area contributed by atoms with Gasteiger partial charge in [-0.15, -0.1) is 0 Å². The highest BCUT2D eigenvalue weighted by Gasteiger charge is 2.26. The van der Waals surface area contributed by atoms with E-state index in [1.807, 2.05) is 0 Å². The standard InChI is InChI=1S/C29H33F2N5O4/c1-16-21(24-25(26(32)34-15-33-24)39-11-10-36(5)28(38)40-29(2,3)4)13-19(30)14-23(16)35-27(37)20-9-8-18(12-22(20)31)17-6-7-17/h8-9,12-15,17H,6-7,10-11H2,1-5H3,(H,35,37)(H2,32,33,34). The first-order chi connectivity index (χ1) is 18.8. The van der Waals surface area contributed by atoms with Gasteiger partial charge in [0.1, 0.15) is 35.9 Å². The lowest BCUT2D eigenvalue weighted by Gasteiger charge is -2.24. The molecule has 0 atom stereocenters. The Kier molecular flexibility index (Phi) is 8.22. The number of nitrogen functional groups attached to an aromatic ring is 1. The maximum Gasteiger partial charge on any atom is 0.410 e. The molecule has 0 bridgehead atoms. The summed E-state index contributed by atoms with van der Waals surface area (Å²) in [5, 5.41) is 2.61. The summed E-state index contributed by atoms with van der Waals surface area (Å²) < 4.78 is 40.7. The molecule has 1 aromatic heterocycles. The van der Waals surface area contributed by atoms with Crippen molar-refractivity contribution in [2.24, 2.45) is 0 Å². The molecule has 40 heavy (non-hydrogen) atoms. The highest BCUT2D eigenvalue weighted by Crippen LogP contribution is 2.40. The molecule has 0 aliphatic heterocycles. The van der Waals surface area contributed by atoms with Crippen LogP contribution in [-0.4, -0.2) is 52.7 Å². The molecule has 1 heterocycles. The van der Waals surface area contributed by atoms with Crippen molar-refractivity contribution in [2.75, 3.05) is 31.2 Å². The van der Waals surface area contributed by atoms with Crippen LogP contribution in [0.25, 0.3) is 11.3 Å². The molecule has 11 heteroatoms. The van der Waals surface area contributed by atoms with Gasteiger partial charge in [-0.2, -0.15) is 0 Å². The quantitative estimate of drug-likeness (QED) is 0.368. The Hall–Kier alpha value is -4.28. The Bertz CT molecular complexity index is 1440. The maximum absolute atomic E-state index is 14.8. The Morgan fingerprint density at radius 1 is 1.15 bits per heavy atom. The number of nitrogens with two attached hydrogens (primary N) is 1. The van der Waals surface area contributed by atoms with Gasteiger partial charge in [0.2, 0.25) is 0 Å². The van der Waals surface area contributed by atoms with E-state index >= 15 is 0 Å². The average molecular weight is 554 g/mol. The van der Waals surface area contributed by atoms with Crippen LogP contribution in [0.1, 0.15) is 61.0 Å². The van der Waals surface area contributed by atoms with E-state index in [2.05, 4.69) is 15.3 Å². The molecule has 0 unspecified atom stereocenters. The third kappa shape index (κ3) is 6.83. The minimum Gasteiger partial charge on any atom is -0.486 e. The molecule has 9 nitrogen and oxygen atoms in total. The van der Waals surface area contributed by atoms with Crippen molar-refractivity contribution in [1.82, 2.24) is 14.9 Å². The number of carbonyl (C=O) groups excluding carboxylic acids is 2. The molecule has 1 saturated carbocycles. The smallest absolute Gasteiger partial charge is 0.410 e. The lowest BCUT2D eigenvalue weighted by Crippen LogP contribution is -2.36. The fourth-order valence-corrected chi connectivity index (χ4v) is 4.07. The molecule has 3 aromatic rings. The zero-order valence-corrected chi connectivity index (χ0v) is 23.2. The van der Waals surface area contributed by atoms with Gasteiger partial charge in [-0.1, -0.05) is 6.07 Å². The van der Waals surface area contributed by atoms with Gasteiger partial charge in [0, 0.05) is 18.3 Å². The van der Waals surface area contributed by atoms with Gasteiger partial charge >= 0.3 is 6.09 Å². The predicted octanol–water partition coefficient (Wildman–Crippen LogP) is 5.69. The summed E-state index contributed by atoms with van der Waals surface area (Å²) in [4.78, 5) is 34.7. The van der Waals surface area contributed by atoms with Gasteiger partial charge in [0.05, 0.1) is 12.1 Å². The summed E-state index contributed by atoms with van der Waals surface area (Å²) >= 11 is 0. The van der Waals surface area contributed by atoms with Crippen LogP contribution in [0.4, 0.5) is 25.1 Å². The number of hydrogen-bond acceptors (Lipinski definition) is 7. The maximum atomic E-state index is 14.8. The van der Waals surface area contributed by atoms with Crippen molar-refractivity contribution < 1.29 is 27.8 Å². The lowest BCUT2D eigenvalue weighted by molar-refractivity contribution is 0.0278. The summed E-state index contributed by atoms with van der Waals surface area (Å²) in [5.41, 5.74) is 7.23. The number of hydrogen-bond donors (Lipinski definition) is 2. The summed E-state index contributed by atoms with van der Waals surface area (Å²) in [7, 11) is 1.57. The highest BCUT2D eigenvalue weighted by atomic mass is 19.1. The van der Waals surface area contributed by atoms with Crippen molar-refractivity contribution in [3.05, 3.63) is 65.0 Å². The second kappa shape index (κ2) is 11.4. The predicted molar refractivity (Wildman–Crippen MR) is 147 cm³/mol. The third-order valence-corrected chi connectivity index (χ3v) is 6.37. The Morgan fingerprint density at radius 2 is 1.88 bits per heavy atom. The van der Waals surface area contributed by atoms with Crippen molar-refractivity contribution in [3.8, 4) is 17.0 Å². The van der Waals surface area contributed by atoms with E-state index in [1.165, 1.54) is 29.4 Å². The molecule has 0 saturated heterocycles. The largest absolute Gasteiger partial charge is 0.486 e. The molecule has 0 radical (unpaired) electrons. The molecule has 0 spiro atoms. The molecule has 2 aromatic carbocycles. The number of carbonyl (C=O) groups is 2. The fourth-order valence-electron chi connectivity index (χ4n) is 4.07. The highest BCUT2D eigenvalue weighted by molar-refractivity contribution is 6.05. The van der Waals surface area contributed by atoms with E-state index in [4.69, 9.17) is 15.2 Å². The second-order valence-corrected chi connectivity index (χ2v) is 10.8. The molecule has 3 N–H and O–H groups in total. The van der Waals surface area contributed by atoms with Gasteiger partial charge in [-0.3, -0.25) is 4.79 Å². The summed E-state index contributed by atoms with van der Waals surface area (Å²) in [6.45, 7) is 7.15. The van der Waals surface area contributed by atoms with Gasteiger partial charge in [-0.25, -0.2) is 23.5 Å². The second-order valence-electron chi connectivity index (χ2n) is 10.8. The first kappa shape index (κ1) is 28.7. The van der Waals surface area contributed by atoms with Crippen LogP contribution in [0.5, 0.6) is 5.75 Å². The van der Waals surface area contributed by atoms with E-state index in [1.54, 1.807) is 40.8 Å². The normalized spacial score (nSPS) is 13.1. The number of rotatable bonds is 8. The van der Waals surface area contributed by atoms with Crippen LogP contribution >= 0.6 is 0 Å². The van der Waals surface area contributed by atoms with Crippen LogP contribution in [0.2, 0.25) is 0 Å². The van der Waals surface area contributed by atoms with Crippen molar-refractivity contribution >= 4 is 23.5 Å². The number of likely N-dealkylation sites (N-methyl/N-ethyl adjacent to an activating group) is 1. The van der Waals surface area contributed by atoms with Gasteiger partial charge in [0.25, 0.3) is 5.91 Å². The average Bonchev–Trinajstić information content (AvgIpc) is 3.71. The molecule has 1 aliphatic carbocycles. The van der Waals surface area contributed by atoms with Crippen LogP contribution in [0.15, 0.2) is 36.7 Å². The first-order valence-electron chi connectivity index (χ1n) is 12.9. The van der Waals surface area contributed by atoms with Crippen LogP contribution in [0.3, 0.4) is 0 Å². The lowest BCUT2D eigenvalue weighted by atomic mass is 10.0. The molecule has 1 aliphatic rings. The number of amides is 2. The number of benzene rings is 2. The van der Waals surface area contributed by atoms with Gasteiger partial charge < -0.3 is 25.4 Å². The van der Waals surface area contributed by atoms with E-state index in [0.717, 1.165) is 24.5 Å². The third-order valence-electron chi connectivity index (χ3n) is 6.37. The van der Waals surface area contributed by atoms with E-state index in [0.29, 0.717) is 17.0 Å². The minimum atomic E-state index is -0.705. The molecule has 2 amide bonds. The Balaban J connectivity index is 1.55. The summed E-state index contributed by atoms with van der Waals surface area (Å²) in [6, 6.07) is 6.95. The molecular formula is C29H33F2N5O4. The van der Waals surface area contributed by atoms with Crippen LogP contribution in [-0.2, 0) is 4.74 Å². The first-order valence-corrected chi connectivity index (χ1v) is 12.9. The number of ether oxygens (including phenoxy) is 2. The van der Waals surface area contributed by atoms with Crippen LogP contribution < -0.4 is 15.8 Å². The minimum absolute atomic E-state index is 0.0111. The number of nitrogens with zero attached hydrogens (tertiary/aromatic N) is 3. The summed E-state index contributed by atoms with van der Waals surface area (Å²) in [6.07, 6.45) is 2.71. The van der Waals surface area contributed by atoms with E-state index < -0.39 is 29.2 Å². The van der Waals surface area contributed by atoms with Crippen LogP contribution in [0, 0.1) is 18.6 Å². The number of halogens is 2.